The zero-order valence-corrected chi connectivity index (χ0v) is 9.21. The molecule has 3 rings (SSSR count). The van der Waals surface area contributed by atoms with Crippen LogP contribution in [-0.2, 0) is 13.1 Å². The maximum Gasteiger partial charge on any atom is 0.0951 e. The molecule has 0 atom stereocenters. The highest BCUT2D eigenvalue weighted by Gasteiger charge is 2.25. The maximum absolute atomic E-state index is 5.59. The van der Waals surface area contributed by atoms with Crippen LogP contribution in [0.2, 0.25) is 0 Å². The van der Waals surface area contributed by atoms with Crippen LogP contribution in [0.4, 0.5) is 0 Å². The van der Waals surface area contributed by atoms with Crippen molar-refractivity contribution in [1.82, 2.24) is 14.1 Å². The Labute approximate surface area is 94.7 Å². The lowest BCUT2D eigenvalue weighted by molar-refractivity contribution is 0.657. The van der Waals surface area contributed by atoms with Gasteiger partial charge in [0.2, 0.25) is 0 Å². The minimum absolute atomic E-state index is 0.606. The van der Waals surface area contributed by atoms with E-state index >= 15 is 0 Å². The summed E-state index contributed by atoms with van der Waals surface area (Å²) < 4.78 is 4.46. The first-order valence-electron chi connectivity index (χ1n) is 5.72. The fraction of sp³-hybridized carbons (Fsp3) is 0.417. The predicted molar refractivity (Wildman–Crippen MR) is 61.9 cm³/mol. The Morgan fingerprint density at radius 2 is 2.31 bits per heavy atom. The molecule has 0 radical (unpaired) electrons. The van der Waals surface area contributed by atoms with E-state index in [1.807, 2.05) is 12.5 Å². The Kier molecular flexibility index (Phi) is 2.29. The quantitative estimate of drug-likeness (QED) is 0.842. The molecule has 4 heteroatoms. The smallest absolute Gasteiger partial charge is 0.0951 e. The molecule has 2 aromatic heterocycles. The summed E-state index contributed by atoms with van der Waals surface area (Å²) in [6, 6.07) is 2.76. The molecule has 0 aliphatic heterocycles. The second kappa shape index (κ2) is 3.79. The summed E-state index contributed by atoms with van der Waals surface area (Å²) in [5.41, 5.74) is 8.05. The van der Waals surface area contributed by atoms with Crippen LogP contribution in [0, 0.1) is 0 Å². The van der Waals surface area contributed by atoms with Crippen LogP contribution in [0.1, 0.15) is 30.1 Å². The van der Waals surface area contributed by atoms with Crippen molar-refractivity contribution in [3.8, 4) is 0 Å². The molecule has 2 N–H and O–H groups in total. The number of hydrogen-bond donors (Lipinski definition) is 1. The number of imidazole rings is 1. The Bertz CT molecular complexity index is 479. The molecule has 0 spiro atoms. The second-order valence-electron chi connectivity index (χ2n) is 4.42. The van der Waals surface area contributed by atoms with Crippen LogP contribution in [0.15, 0.2) is 31.0 Å². The summed E-state index contributed by atoms with van der Waals surface area (Å²) in [6.07, 6.45) is 10.7. The van der Waals surface area contributed by atoms with Gasteiger partial charge in [0.05, 0.1) is 18.6 Å². The fourth-order valence-corrected chi connectivity index (χ4v) is 2.03. The first-order valence-corrected chi connectivity index (χ1v) is 5.72. The average molecular weight is 216 g/mol. The Morgan fingerprint density at radius 1 is 1.44 bits per heavy atom. The van der Waals surface area contributed by atoms with E-state index in [1.54, 1.807) is 0 Å². The monoisotopic (exact) mass is 216 g/mol. The molecule has 0 saturated heterocycles. The maximum atomic E-state index is 5.59. The lowest BCUT2D eigenvalue weighted by Crippen LogP contribution is -2.04. The molecule has 1 saturated carbocycles. The number of aromatic nitrogens is 3. The van der Waals surface area contributed by atoms with Crippen molar-refractivity contribution < 1.29 is 0 Å². The fourth-order valence-electron chi connectivity index (χ4n) is 2.03. The van der Waals surface area contributed by atoms with Crippen molar-refractivity contribution >= 4 is 0 Å². The largest absolute Gasteiger partial charge is 0.348 e. The minimum Gasteiger partial charge on any atom is -0.348 e. The van der Waals surface area contributed by atoms with Gasteiger partial charge in [0.25, 0.3) is 0 Å². The van der Waals surface area contributed by atoms with E-state index in [0.717, 1.165) is 6.54 Å². The van der Waals surface area contributed by atoms with Crippen molar-refractivity contribution in [2.24, 2.45) is 5.73 Å². The van der Waals surface area contributed by atoms with Gasteiger partial charge in [0.1, 0.15) is 0 Å². The molecule has 2 heterocycles. The van der Waals surface area contributed by atoms with E-state index in [1.165, 1.54) is 24.1 Å². The lowest BCUT2D eigenvalue weighted by Gasteiger charge is -2.07. The topological polar surface area (TPSA) is 48.8 Å². The Morgan fingerprint density at radius 3 is 3.00 bits per heavy atom. The predicted octanol–water partition coefficient (Wildman–Crippen LogP) is 1.53. The molecule has 2 aromatic rings. The zero-order valence-electron chi connectivity index (χ0n) is 9.21. The number of nitrogens with two attached hydrogens (primary N) is 1. The van der Waals surface area contributed by atoms with E-state index < -0.39 is 0 Å². The van der Waals surface area contributed by atoms with Gasteiger partial charge < -0.3 is 14.9 Å². The van der Waals surface area contributed by atoms with Crippen LogP contribution >= 0.6 is 0 Å². The highest BCUT2D eigenvalue weighted by molar-refractivity contribution is 5.12. The van der Waals surface area contributed by atoms with Crippen LogP contribution in [0.5, 0.6) is 0 Å². The molecule has 0 aromatic carbocycles. The summed E-state index contributed by atoms with van der Waals surface area (Å²) in [5, 5.41) is 0. The van der Waals surface area contributed by atoms with Crippen molar-refractivity contribution in [2.45, 2.75) is 32.0 Å². The van der Waals surface area contributed by atoms with Crippen molar-refractivity contribution in [3.05, 3.63) is 42.2 Å². The van der Waals surface area contributed by atoms with Crippen LogP contribution in [0.25, 0.3) is 0 Å². The van der Waals surface area contributed by atoms with Crippen LogP contribution < -0.4 is 5.73 Å². The van der Waals surface area contributed by atoms with Crippen molar-refractivity contribution in [1.29, 1.82) is 0 Å². The SMILES string of the molecule is NCc1ccn(Cc2cncn2C2CC2)c1. The molecule has 16 heavy (non-hydrogen) atoms. The zero-order chi connectivity index (χ0) is 11.0. The second-order valence-corrected chi connectivity index (χ2v) is 4.42. The third kappa shape index (κ3) is 1.76. The van der Waals surface area contributed by atoms with Gasteiger partial charge in [-0.05, 0) is 24.5 Å². The molecular weight excluding hydrogens is 200 g/mol. The van der Waals surface area contributed by atoms with Crippen LogP contribution in [-0.4, -0.2) is 14.1 Å². The van der Waals surface area contributed by atoms with Crippen molar-refractivity contribution in [3.63, 3.8) is 0 Å². The summed E-state index contributed by atoms with van der Waals surface area (Å²) in [5.74, 6) is 0. The summed E-state index contributed by atoms with van der Waals surface area (Å²) >= 11 is 0. The summed E-state index contributed by atoms with van der Waals surface area (Å²) in [6.45, 7) is 1.49. The first-order chi connectivity index (χ1) is 7.86. The third-order valence-corrected chi connectivity index (χ3v) is 3.08. The molecule has 0 unspecified atom stereocenters. The first kappa shape index (κ1) is 9.66. The Balaban J connectivity index is 1.79. The lowest BCUT2D eigenvalue weighted by atomic mass is 10.3. The molecule has 84 valence electrons. The van der Waals surface area contributed by atoms with Gasteiger partial charge in [-0.2, -0.15) is 0 Å². The third-order valence-electron chi connectivity index (χ3n) is 3.08. The normalized spacial score (nSPS) is 15.6. The van der Waals surface area contributed by atoms with Gasteiger partial charge in [0.15, 0.2) is 0 Å². The average Bonchev–Trinajstić information content (AvgIpc) is 2.88. The van der Waals surface area contributed by atoms with Gasteiger partial charge in [0, 0.05) is 31.2 Å². The number of hydrogen-bond acceptors (Lipinski definition) is 2. The highest BCUT2D eigenvalue weighted by Crippen LogP contribution is 2.35. The van der Waals surface area contributed by atoms with E-state index in [-0.39, 0.29) is 0 Å². The molecule has 0 amide bonds. The van der Waals surface area contributed by atoms with Gasteiger partial charge in [-0.15, -0.1) is 0 Å². The molecule has 4 nitrogen and oxygen atoms in total. The highest BCUT2D eigenvalue weighted by atomic mass is 15.1. The van der Waals surface area contributed by atoms with E-state index in [0.29, 0.717) is 12.6 Å². The van der Waals surface area contributed by atoms with Crippen molar-refractivity contribution in [2.75, 3.05) is 0 Å². The van der Waals surface area contributed by atoms with E-state index in [9.17, 15) is 0 Å². The summed E-state index contributed by atoms with van der Waals surface area (Å²) in [7, 11) is 0. The molecule has 1 fully saturated rings. The van der Waals surface area contributed by atoms with Gasteiger partial charge >= 0.3 is 0 Å². The van der Waals surface area contributed by atoms with Crippen LogP contribution in [0.3, 0.4) is 0 Å². The molecule has 0 bridgehead atoms. The van der Waals surface area contributed by atoms with Gasteiger partial charge in [-0.3, -0.25) is 0 Å². The van der Waals surface area contributed by atoms with E-state index in [2.05, 4.69) is 32.6 Å². The molecular formula is C12H16N4. The number of nitrogens with zero attached hydrogens (tertiary/aromatic N) is 3. The Hall–Kier alpha value is -1.55. The van der Waals surface area contributed by atoms with Gasteiger partial charge in [-0.1, -0.05) is 0 Å². The molecule has 1 aliphatic rings. The van der Waals surface area contributed by atoms with E-state index in [4.69, 9.17) is 5.73 Å². The summed E-state index contributed by atoms with van der Waals surface area (Å²) in [4.78, 5) is 4.23. The number of rotatable bonds is 4. The molecule has 1 aliphatic carbocycles. The van der Waals surface area contributed by atoms with Gasteiger partial charge in [-0.25, -0.2) is 4.98 Å². The standard InChI is InChI=1S/C12H16N4/c13-5-10-3-4-15(7-10)8-12-6-14-9-16(12)11-1-2-11/h3-4,6-7,9,11H,1-2,5,8,13H2. The minimum atomic E-state index is 0.606.